The van der Waals surface area contributed by atoms with Gasteiger partial charge in [0, 0.05) is 13.1 Å². The van der Waals surface area contributed by atoms with Crippen molar-refractivity contribution in [2.24, 2.45) is 11.8 Å². The quantitative estimate of drug-likeness (QED) is 0.846. The van der Waals surface area contributed by atoms with Crippen molar-refractivity contribution in [2.45, 2.75) is 13.3 Å². The molecule has 0 aliphatic carbocycles. The van der Waals surface area contributed by atoms with Crippen molar-refractivity contribution in [2.75, 3.05) is 19.6 Å². The zero-order valence-corrected chi connectivity index (χ0v) is 10.6. The lowest BCUT2D eigenvalue weighted by atomic mass is 9.97. The van der Waals surface area contributed by atoms with E-state index in [1.54, 1.807) is 12.1 Å². The van der Waals surface area contributed by atoms with E-state index < -0.39 is 0 Å². The first-order chi connectivity index (χ1) is 8.66. The molecule has 1 aliphatic heterocycles. The molecule has 0 radical (unpaired) electrons. The summed E-state index contributed by atoms with van der Waals surface area (Å²) >= 11 is 0. The van der Waals surface area contributed by atoms with Crippen LogP contribution in [0.1, 0.15) is 12.5 Å². The molecule has 4 heteroatoms. The Kier molecular flexibility index (Phi) is 4.31. The van der Waals surface area contributed by atoms with Gasteiger partial charge in [0.05, 0.1) is 5.92 Å². The first kappa shape index (κ1) is 13.0. The average molecular weight is 250 g/mol. The van der Waals surface area contributed by atoms with Gasteiger partial charge in [-0.05, 0) is 36.6 Å². The van der Waals surface area contributed by atoms with Gasteiger partial charge in [-0.15, -0.1) is 0 Å². The molecule has 1 fully saturated rings. The lowest BCUT2D eigenvalue weighted by Crippen LogP contribution is -2.35. The summed E-state index contributed by atoms with van der Waals surface area (Å²) in [6.07, 6.45) is 0.737. The normalized spacial score (nSPS) is 23.0. The molecule has 1 aliphatic rings. The standard InChI is InChI=1S/C14H19FN2O/c1-10-8-16-9-13(10)14(18)17-7-6-11-2-4-12(15)5-3-11/h2-5,10,13,16H,6-9H2,1H3,(H,17,18)/t10-,13-/m1/s1. The number of nitrogens with one attached hydrogen (secondary N) is 2. The van der Waals surface area contributed by atoms with E-state index >= 15 is 0 Å². The molecule has 0 spiro atoms. The topological polar surface area (TPSA) is 41.1 Å². The number of rotatable bonds is 4. The van der Waals surface area contributed by atoms with Gasteiger partial charge in [0.15, 0.2) is 0 Å². The van der Waals surface area contributed by atoms with Crippen LogP contribution in [-0.4, -0.2) is 25.5 Å². The maximum Gasteiger partial charge on any atom is 0.224 e. The van der Waals surface area contributed by atoms with Gasteiger partial charge in [-0.2, -0.15) is 0 Å². The number of hydrogen-bond acceptors (Lipinski definition) is 2. The van der Waals surface area contributed by atoms with Gasteiger partial charge in [-0.1, -0.05) is 19.1 Å². The lowest BCUT2D eigenvalue weighted by molar-refractivity contribution is -0.125. The first-order valence-corrected chi connectivity index (χ1v) is 6.39. The molecule has 3 nitrogen and oxygen atoms in total. The molecular formula is C14H19FN2O. The highest BCUT2D eigenvalue weighted by Crippen LogP contribution is 2.15. The molecule has 18 heavy (non-hydrogen) atoms. The highest BCUT2D eigenvalue weighted by atomic mass is 19.1. The number of hydrogen-bond donors (Lipinski definition) is 2. The number of benzene rings is 1. The van der Waals surface area contributed by atoms with Gasteiger partial charge in [-0.25, -0.2) is 4.39 Å². The predicted octanol–water partition coefficient (Wildman–Crippen LogP) is 1.34. The van der Waals surface area contributed by atoms with Crippen molar-refractivity contribution in [3.8, 4) is 0 Å². The molecule has 1 amide bonds. The molecule has 1 heterocycles. The van der Waals surface area contributed by atoms with Crippen molar-refractivity contribution in [1.29, 1.82) is 0 Å². The Labute approximate surface area is 107 Å². The van der Waals surface area contributed by atoms with Crippen molar-refractivity contribution in [3.63, 3.8) is 0 Å². The number of carbonyl (C=O) groups is 1. The number of halogens is 1. The van der Waals surface area contributed by atoms with Crippen LogP contribution >= 0.6 is 0 Å². The fourth-order valence-corrected chi connectivity index (χ4v) is 2.27. The summed E-state index contributed by atoms with van der Waals surface area (Å²) < 4.78 is 12.7. The molecule has 0 aromatic heterocycles. The Morgan fingerprint density at radius 3 is 2.72 bits per heavy atom. The maximum absolute atomic E-state index is 12.7. The minimum Gasteiger partial charge on any atom is -0.355 e. The van der Waals surface area contributed by atoms with E-state index in [1.807, 2.05) is 0 Å². The van der Waals surface area contributed by atoms with Gasteiger partial charge < -0.3 is 10.6 Å². The average Bonchev–Trinajstić information content (AvgIpc) is 2.78. The van der Waals surface area contributed by atoms with Crippen molar-refractivity contribution >= 4 is 5.91 Å². The molecule has 2 rings (SSSR count). The third-order valence-electron chi connectivity index (χ3n) is 3.48. The van der Waals surface area contributed by atoms with Gasteiger partial charge in [-0.3, -0.25) is 4.79 Å². The molecule has 98 valence electrons. The summed E-state index contributed by atoms with van der Waals surface area (Å²) in [5.41, 5.74) is 1.04. The Hall–Kier alpha value is -1.42. The molecule has 0 saturated carbocycles. The van der Waals surface area contributed by atoms with Crippen LogP contribution in [0.25, 0.3) is 0 Å². The van der Waals surface area contributed by atoms with E-state index in [4.69, 9.17) is 0 Å². The van der Waals surface area contributed by atoms with E-state index in [2.05, 4.69) is 17.6 Å². The molecule has 2 N–H and O–H groups in total. The highest BCUT2D eigenvalue weighted by molar-refractivity contribution is 5.79. The second-order valence-corrected chi connectivity index (χ2v) is 4.91. The molecule has 1 saturated heterocycles. The summed E-state index contributed by atoms with van der Waals surface area (Å²) in [6.45, 7) is 4.37. The van der Waals surface area contributed by atoms with Crippen molar-refractivity contribution in [3.05, 3.63) is 35.6 Å². The Morgan fingerprint density at radius 2 is 2.11 bits per heavy atom. The predicted molar refractivity (Wildman–Crippen MR) is 68.6 cm³/mol. The monoisotopic (exact) mass is 250 g/mol. The minimum atomic E-state index is -0.228. The smallest absolute Gasteiger partial charge is 0.224 e. The van der Waals surface area contributed by atoms with Crippen molar-refractivity contribution < 1.29 is 9.18 Å². The molecular weight excluding hydrogens is 231 g/mol. The van der Waals surface area contributed by atoms with Gasteiger partial charge in [0.1, 0.15) is 5.82 Å². The molecule has 1 aromatic rings. The summed E-state index contributed by atoms with van der Waals surface area (Å²) in [5, 5.41) is 6.16. The first-order valence-electron chi connectivity index (χ1n) is 6.39. The Balaban J connectivity index is 1.75. The van der Waals surface area contributed by atoms with E-state index in [1.165, 1.54) is 12.1 Å². The summed E-state index contributed by atoms with van der Waals surface area (Å²) in [5.74, 6) is 0.372. The fourth-order valence-electron chi connectivity index (χ4n) is 2.27. The number of amides is 1. The van der Waals surface area contributed by atoms with Gasteiger partial charge in [0.2, 0.25) is 5.91 Å². The van der Waals surface area contributed by atoms with Crippen LogP contribution in [-0.2, 0) is 11.2 Å². The third kappa shape index (κ3) is 3.29. The van der Waals surface area contributed by atoms with Crippen LogP contribution in [0.2, 0.25) is 0 Å². The number of carbonyl (C=O) groups excluding carboxylic acids is 1. The van der Waals surface area contributed by atoms with Gasteiger partial charge in [0.25, 0.3) is 0 Å². The van der Waals surface area contributed by atoms with Crippen LogP contribution < -0.4 is 10.6 Å². The zero-order chi connectivity index (χ0) is 13.0. The zero-order valence-electron chi connectivity index (χ0n) is 10.6. The largest absolute Gasteiger partial charge is 0.355 e. The summed E-state index contributed by atoms with van der Waals surface area (Å²) in [4.78, 5) is 11.9. The lowest BCUT2D eigenvalue weighted by Gasteiger charge is -2.14. The SMILES string of the molecule is C[C@@H]1CNC[C@H]1C(=O)NCCc1ccc(F)cc1. The fraction of sp³-hybridized carbons (Fsp3) is 0.500. The van der Waals surface area contributed by atoms with E-state index in [-0.39, 0.29) is 17.6 Å². The van der Waals surface area contributed by atoms with E-state index in [0.717, 1.165) is 25.1 Å². The summed E-state index contributed by atoms with van der Waals surface area (Å²) in [6, 6.07) is 6.39. The van der Waals surface area contributed by atoms with Crippen LogP contribution in [0.5, 0.6) is 0 Å². The van der Waals surface area contributed by atoms with Crippen LogP contribution in [0.4, 0.5) is 4.39 Å². The van der Waals surface area contributed by atoms with Gasteiger partial charge >= 0.3 is 0 Å². The molecule has 0 bridgehead atoms. The molecule has 2 atom stereocenters. The Morgan fingerprint density at radius 1 is 1.39 bits per heavy atom. The van der Waals surface area contributed by atoms with E-state index in [9.17, 15) is 9.18 Å². The third-order valence-corrected chi connectivity index (χ3v) is 3.48. The van der Waals surface area contributed by atoms with E-state index in [0.29, 0.717) is 12.5 Å². The van der Waals surface area contributed by atoms with Crippen molar-refractivity contribution in [1.82, 2.24) is 10.6 Å². The molecule has 0 unspecified atom stereocenters. The molecule has 1 aromatic carbocycles. The highest BCUT2D eigenvalue weighted by Gasteiger charge is 2.28. The second kappa shape index (κ2) is 5.96. The Bertz CT molecular complexity index is 405. The summed E-state index contributed by atoms with van der Waals surface area (Å²) in [7, 11) is 0. The maximum atomic E-state index is 12.7. The second-order valence-electron chi connectivity index (χ2n) is 4.91. The van der Waals surface area contributed by atoms with Crippen LogP contribution in [0.15, 0.2) is 24.3 Å². The minimum absolute atomic E-state index is 0.0817. The van der Waals surface area contributed by atoms with Crippen LogP contribution in [0, 0.1) is 17.7 Å². The van der Waals surface area contributed by atoms with Crippen LogP contribution in [0.3, 0.4) is 0 Å².